The van der Waals surface area contributed by atoms with Crippen molar-refractivity contribution in [2.75, 3.05) is 13.7 Å². The molecule has 0 heterocycles. The number of carbonyl (C=O) groups is 1. The van der Waals surface area contributed by atoms with Crippen LogP contribution in [0.2, 0.25) is 0 Å². The number of hydrogen-bond donors (Lipinski definition) is 1. The van der Waals surface area contributed by atoms with Crippen molar-refractivity contribution in [2.45, 2.75) is 50.1 Å². The summed E-state index contributed by atoms with van der Waals surface area (Å²) < 4.78 is 33.0. The van der Waals surface area contributed by atoms with Crippen LogP contribution in [-0.2, 0) is 21.4 Å². The first-order chi connectivity index (χ1) is 14.4. The lowest BCUT2D eigenvalue weighted by molar-refractivity contribution is -0.122. The van der Waals surface area contributed by atoms with E-state index in [1.807, 2.05) is 30.3 Å². The second kappa shape index (κ2) is 10.1. The fraction of sp³-hybridized carbons (Fsp3) is 0.435. The molecule has 1 aliphatic carbocycles. The van der Waals surface area contributed by atoms with Crippen LogP contribution in [0.4, 0.5) is 0 Å². The fourth-order valence-corrected chi connectivity index (χ4v) is 5.24. The number of ether oxygens (including phenoxy) is 1. The van der Waals surface area contributed by atoms with Crippen molar-refractivity contribution in [3.8, 4) is 5.75 Å². The van der Waals surface area contributed by atoms with Crippen LogP contribution in [0.3, 0.4) is 0 Å². The largest absolute Gasteiger partial charge is 0.497 e. The van der Waals surface area contributed by atoms with Gasteiger partial charge in [-0.1, -0.05) is 50.1 Å². The third-order valence-electron chi connectivity index (χ3n) is 5.68. The molecule has 0 bridgehead atoms. The van der Waals surface area contributed by atoms with Gasteiger partial charge in [0.1, 0.15) is 5.75 Å². The van der Waals surface area contributed by atoms with Crippen LogP contribution in [0.15, 0.2) is 59.5 Å². The Hall–Kier alpha value is -2.38. The number of methoxy groups -OCH3 is 1. The lowest BCUT2D eigenvalue weighted by Gasteiger charge is -2.30. The Morgan fingerprint density at radius 1 is 1.07 bits per heavy atom. The molecule has 2 atom stereocenters. The maximum Gasteiger partial charge on any atom is 0.243 e. The van der Waals surface area contributed by atoms with Crippen molar-refractivity contribution in [2.24, 2.45) is 5.92 Å². The standard InChI is InChI=1S/C23H30N2O4S/c1-18-8-6-7-11-22(18)24-23(26)17-25(16-19-9-4-3-5-10-19)30(27,28)21-14-12-20(29-2)13-15-21/h3-5,9-10,12-15,18,22H,6-8,11,16-17H2,1-2H3,(H,24,26). The zero-order chi connectivity index (χ0) is 21.6. The molecule has 1 saturated carbocycles. The molecule has 1 fully saturated rings. The lowest BCUT2D eigenvalue weighted by atomic mass is 9.86. The average Bonchev–Trinajstić information content (AvgIpc) is 2.75. The van der Waals surface area contributed by atoms with Crippen molar-refractivity contribution in [1.82, 2.24) is 9.62 Å². The van der Waals surface area contributed by atoms with Crippen molar-refractivity contribution < 1.29 is 17.9 Å². The summed E-state index contributed by atoms with van der Waals surface area (Å²) in [7, 11) is -2.33. The number of carbonyl (C=O) groups excluding carboxylic acids is 1. The van der Waals surface area contributed by atoms with Gasteiger partial charge in [-0.3, -0.25) is 4.79 Å². The highest BCUT2D eigenvalue weighted by Gasteiger charge is 2.29. The topological polar surface area (TPSA) is 75.7 Å². The highest BCUT2D eigenvalue weighted by molar-refractivity contribution is 7.89. The highest BCUT2D eigenvalue weighted by Crippen LogP contribution is 2.24. The summed E-state index contributed by atoms with van der Waals surface area (Å²) in [5, 5.41) is 3.06. The van der Waals surface area contributed by atoms with E-state index in [2.05, 4.69) is 12.2 Å². The number of sulfonamides is 1. The molecule has 3 rings (SSSR count). The minimum absolute atomic E-state index is 0.105. The molecular weight excluding hydrogens is 400 g/mol. The maximum absolute atomic E-state index is 13.3. The number of nitrogens with one attached hydrogen (secondary N) is 1. The molecule has 0 radical (unpaired) electrons. The van der Waals surface area contributed by atoms with E-state index in [4.69, 9.17) is 4.74 Å². The first-order valence-corrected chi connectivity index (χ1v) is 11.8. The molecule has 30 heavy (non-hydrogen) atoms. The number of nitrogens with zero attached hydrogens (tertiary/aromatic N) is 1. The minimum Gasteiger partial charge on any atom is -0.497 e. The molecule has 0 aliphatic heterocycles. The Kier molecular flexibility index (Phi) is 7.50. The third-order valence-corrected chi connectivity index (χ3v) is 7.48. The van der Waals surface area contributed by atoms with Gasteiger partial charge >= 0.3 is 0 Å². The number of rotatable bonds is 8. The van der Waals surface area contributed by atoms with E-state index in [1.54, 1.807) is 12.1 Å². The van der Waals surface area contributed by atoms with E-state index >= 15 is 0 Å². The normalized spacial score (nSPS) is 19.4. The van der Waals surface area contributed by atoms with Crippen LogP contribution < -0.4 is 10.1 Å². The Labute approximate surface area is 179 Å². The monoisotopic (exact) mass is 430 g/mol. The fourth-order valence-electron chi connectivity index (χ4n) is 3.85. The second-order valence-electron chi connectivity index (χ2n) is 7.87. The van der Waals surface area contributed by atoms with E-state index in [0.717, 1.165) is 24.8 Å². The molecule has 0 spiro atoms. The van der Waals surface area contributed by atoms with E-state index in [0.29, 0.717) is 11.7 Å². The predicted octanol–water partition coefficient (Wildman–Crippen LogP) is 3.58. The summed E-state index contributed by atoms with van der Waals surface area (Å²) in [4.78, 5) is 12.9. The number of hydrogen-bond acceptors (Lipinski definition) is 4. The molecular formula is C23H30N2O4S. The van der Waals surface area contributed by atoms with Crippen LogP contribution in [0.1, 0.15) is 38.2 Å². The van der Waals surface area contributed by atoms with Gasteiger partial charge in [0.25, 0.3) is 0 Å². The summed E-state index contributed by atoms with van der Waals surface area (Å²) in [5.41, 5.74) is 0.827. The molecule has 2 unspecified atom stereocenters. The molecule has 2 aromatic carbocycles. The molecule has 2 aromatic rings. The Morgan fingerprint density at radius 2 is 1.73 bits per heavy atom. The van der Waals surface area contributed by atoms with Gasteiger partial charge in [-0.15, -0.1) is 0 Å². The first-order valence-electron chi connectivity index (χ1n) is 10.4. The van der Waals surface area contributed by atoms with Gasteiger partial charge in [-0.05, 0) is 48.6 Å². The molecule has 1 amide bonds. The quantitative estimate of drug-likeness (QED) is 0.695. The van der Waals surface area contributed by atoms with Gasteiger partial charge in [0.05, 0.1) is 18.6 Å². The van der Waals surface area contributed by atoms with Crippen LogP contribution >= 0.6 is 0 Å². The number of benzene rings is 2. The van der Waals surface area contributed by atoms with Crippen LogP contribution in [-0.4, -0.2) is 38.3 Å². The van der Waals surface area contributed by atoms with Crippen molar-refractivity contribution >= 4 is 15.9 Å². The van der Waals surface area contributed by atoms with E-state index < -0.39 is 10.0 Å². The van der Waals surface area contributed by atoms with Crippen LogP contribution in [0.5, 0.6) is 5.75 Å². The lowest BCUT2D eigenvalue weighted by Crippen LogP contribution is -2.46. The summed E-state index contributed by atoms with van der Waals surface area (Å²) >= 11 is 0. The molecule has 0 aromatic heterocycles. The minimum atomic E-state index is -3.86. The molecule has 0 saturated heterocycles. The van der Waals surface area contributed by atoms with Gasteiger partial charge in [0.2, 0.25) is 15.9 Å². The van der Waals surface area contributed by atoms with Crippen molar-refractivity contribution in [1.29, 1.82) is 0 Å². The van der Waals surface area contributed by atoms with Gasteiger partial charge in [0, 0.05) is 12.6 Å². The van der Waals surface area contributed by atoms with Crippen molar-refractivity contribution in [3.05, 3.63) is 60.2 Å². The molecule has 162 valence electrons. The first kappa shape index (κ1) is 22.3. The molecule has 1 N–H and O–H groups in total. The summed E-state index contributed by atoms with van der Waals surface area (Å²) in [6, 6.07) is 15.6. The average molecular weight is 431 g/mol. The molecule has 1 aliphatic rings. The van der Waals surface area contributed by atoms with Crippen LogP contribution in [0, 0.1) is 5.92 Å². The highest BCUT2D eigenvalue weighted by atomic mass is 32.2. The van der Waals surface area contributed by atoms with Crippen LogP contribution in [0.25, 0.3) is 0 Å². The third kappa shape index (κ3) is 5.61. The molecule has 6 nitrogen and oxygen atoms in total. The second-order valence-corrected chi connectivity index (χ2v) is 9.81. The maximum atomic E-state index is 13.3. The zero-order valence-electron chi connectivity index (χ0n) is 17.6. The Balaban J connectivity index is 1.81. The molecule has 7 heteroatoms. The Bertz CT molecular complexity index is 929. The van der Waals surface area contributed by atoms with E-state index in [9.17, 15) is 13.2 Å². The van der Waals surface area contributed by atoms with E-state index in [-0.39, 0.29) is 29.9 Å². The predicted molar refractivity (Wildman–Crippen MR) is 117 cm³/mol. The van der Waals surface area contributed by atoms with Crippen molar-refractivity contribution in [3.63, 3.8) is 0 Å². The summed E-state index contributed by atoms with van der Waals surface area (Å²) in [5.74, 6) is 0.720. The SMILES string of the molecule is COc1ccc(S(=O)(=O)N(CC(=O)NC2CCCCC2C)Cc2ccccc2)cc1. The van der Waals surface area contributed by atoms with Gasteiger partial charge in [-0.25, -0.2) is 8.42 Å². The summed E-state index contributed by atoms with van der Waals surface area (Å²) in [6.07, 6.45) is 4.30. The van der Waals surface area contributed by atoms with Gasteiger partial charge in [0.15, 0.2) is 0 Å². The zero-order valence-corrected chi connectivity index (χ0v) is 18.4. The number of amides is 1. The van der Waals surface area contributed by atoms with E-state index in [1.165, 1.54) is 30.0 Å². The van der Waals surface area contributed by atoms with Gasteiger partial charge < -0.3 is 10.1 Å². The smallest absolute Gasteiger partial charge is 0.243 e. The summed E-state index contributed by atoms with van der Waals surface area (Å²) in [6.45, 7) is 2.05. The Morgan fingerprint density at radius 3 is 2.37 bits per heavy atom. The van der Waals surface area contributed by atoms with Gasteiger partial charge in [-0.2, -0.15) is 4.31 Å².